The average molecular weight is 348 g/mol. The summed E-state index contributed by atoms with van der Waals surface area (Å²) in [5, 5.41) is 6.87. The fraction of sp³-hybridized carbons (Fsp3) is 0.0476. The maximum absolute atomic E-state index is 12.4. The summed E-state index contributed by atoms with van der Waals surface area (Å²) in [5.41, 5.74) is 2.65. The van der Waals surface area contributed by atoms with Crippen molar-refractivity contribution < 1.29 is 4.79 Å². The van der Waals surface area contributed by atoms with E-state index in [-0.39, 0.29) is 5.91 Å². The second kappa shape index (κ2) is 6.26. The first kappa shape index (κ1) is 15.7. The molecule has 4 heteroatoms. The molecule has 123 valence electrons. The Morgan fingerprint density at radius 2 is 1.84 bits per heavy atom. The van der Waals surface area contributed by atoms with E-state index in [9.17, 15) is 4.79 Å². The smallest absolute Gasteiger partial charge is 0.233 e. The van der Waals surface area contributed by atoms with Gasteiger partial charge in [-0.05, 0) is 40.6 Å². The fourth-order valence-electron chi connectivity index (χ4n) is 3.09. The van der Waals surface area contributed by atoms with Crippen LogP contribution in [0.1, 0.15) is 5.56 Å². The summed E-state index contributed by atoms with van der Waals surface area (Å²) in [6, 6.07) is 19.6. The number of anilines is 1. The SMILES string of the molecule is Cn1cc([CH]C(=O)Nc2ccc3ccccc3c2)c2ccc(Cl)cc21. The number of amides is 1. The van der Waals surface area contributed by atoms with Crippen molar-refractivity contribution in [2.75, 3.05) is 5.32 Å². The molecule has 1 amide bonds. The average Bonchev–Trinajstić information content (AvgIpc) is 2.90. The number of fused-ring (bicyclic) bond motifs is 2. The maximum Gasteiger partial charge on any atom is 0.233 e. The van der Waals surface area contributed by atoms with Crippen LogP contribution in [0.2, 0.25) is 5.02 Å². The highest BCUT2D eigenvalue weighted by Gasteiger charge is 2.12. The van der Waals surface area contributed by atoms with Crippen LogP contribution < -0.4 is 5.32 Å². The normalized spacial score (nSPS) is 11.1. The van der Waals surface area contributed by atoms with Crippen molar-refractivity contribution in [1.29, 1.82) is 0 Å². The fourth-order valence-corrected chi connectivity index (χ4v) is 3.26. The summed E-state index contributed by atoms with van der Waals surface area (Å²) in [6.07, 6.45) is 3.55. The number of carbonyl (C=O) groups is 1. The molecular formula is C21H16ClN2O. The van der Waals surface area contributed by atoms with Crippen LogP contribution in [0.3, 0.4) is 0 Å². The molecule has 3 nitrogen and oxygen atoms in total. The largest absolute Gasteiger partial charge is 0.350 e. The summed E-state index contributed by atoms with van der Waals surface area (Å²) in [5.74, 6) is -0.155. The van der Waals surface area contributed by atoms with Crippen LogP contribution in [-0.2, 0) is 11.8 Å². The summed E-state index contributed by atoms with van der Waals surface area (Å²) in [7, 11) is 1.94. The van der Waals surface area contributed by atoms with Crippen LogP contribution in [-0.4, -0.2) is 10.5 Å². The van der Waals surface area contributed by atoms with Crippen LogP contribution in [0, 0.1) is 6.42 Å². The summed E-state index contributed by atoms with van der Waals surface area (Å²) in [4.78, 5) is 12.4. The number of nitrogens with one attached hydrogen (secondary N) is 1. The zero-order valence-corrected chi connectivity index (χ0v) is 14.4. The third-order valence-electron chi connectivity index (χ3n) is 4.29. The Kier molecular flexibility index (Phi) is 3.94. The number of hydrogen-bond acceptors (Lipinski definition) is 1. The van der Waals surface area contributed by atoms with Gasteiger partial charge in [-0.3, -0.25) is 4.79 Å². The molecule has 0 saturated heterocycles. The quantitative estimate of drug-likeness (QED) is 0.544. The number of nitrogens with zero attached hydrogens (tertiary/aromatic N) is 1. The van der Waals surface area contributed by atoms with Crippen molar-refractivity contribution in [1.82, 2.24) is 4.57 Å². The summed E-state index contributed by atoms with van der Waals surface area (Å²) in [6.45, 7) is 0. The van der Waals surface area contributed by atoms with E-state index < -0.39 is 0 Å². The Hall–Kier alpha value is -2.78. The van der Waals surface area contributed by atoms with Gasteiger partial charge in [-0.15, -0.1) is 0 Å². The number of aromatic nitrogens is 1. The highest BCUT2D eigenvalue weighted by atomic mass is 35.5. The first-order valence-corrected chi connectivity index (χ1v) is 8.37. The van der Waals surface area contributed by atoms with Crippen LogP contribution in [0.15, 0.2) is 66.9 Å². The molecule has 1 radical (unpaired) electrons. The van der Waals surface area contributed by atoms with Crippen LogP contribution in [0.5, 0.6) is 0 Å². The number of aryl methyl sites for hydroxylation is 1. The molecule has 25 heavy (non-hydrogen) atoms. The summed E-state index contributed by atoms with van der Waals surface area (Å²) >= 11 is 6.06. The molecule has 1 N–H and O–H groups in total. The van der Waals surface area contributed by atoms with Gasteiger partial charge in [0.25, 0.3) is 0 Å². The number of hydrogen-bond donors (Lipinski definition) is 1. The minimum Gasteiger partial charge on any atom is -0.350 e. The Labute approximate surface area is 150 Å². The second-order valence-corrected chi connectivity index (χ2v) is 6.49. The van der Waals surface area contributed by atoms with Crippen LogP contribution >= 0.6 is 11.6 Å². The van der Waals surface area contributed by atoms with Crippen molar-refractivity contribution in [3.8, 4) is 0 Å². The Morgan fingerprint density at radius 1 is 1.04 bits per heavy atom. The second-order valence-electron chi connectivity index (χ2n) is 6.05. The zero-order chi connectivity index (χ0) is 17.4. The summed E-state index contributed by atoms with van der Waals surface area (Å²) < 4.78 is 1.97. The van der Waals surface area contributed by atoms with Gasteiger partial charge in [0.05, 0.1) is 6.42 Å². The zero-order valence-electron chi connectivity index (χ0n) is 13.7. The molecule has 4 aromatic rings. The van der Waals surface area contributed by atoms with E-state index in [0.717, 1.165) is 32.9 Å². The molecule has 0 bridgehead atoms. The lowest BCUT2D eigenvalue weighted by Crippen LogP contribution is -2.12. The predicted molar refractivity (Wildman–Crippen MR) is 104 cm³/mol. The van der Waals surface area contributed by atoms with Gasteiger partial charge in [0, 0.05) is 34.9 Å². The molecule has 1 aromatic heterocycles. The standard InChI is InChI=1S/C21H16ClN2O/c1-24-13-16(19-9-7-17(22)12-20(19)24)11-21(25)23-18-8-6-14-4-2-3-5-15(14)10-18/h2-13H,1H3,(H,23,25). The van der Waals surface area contributed by atoms with Crippen molar-refractivity contribution >= 4 is 44.9 Å². The Morgan fingerprint density at radius 3 is 2.68 bits per heavy atom. The molecular weight excluding hydrogens is 332 g/mol. The monoisotopic (exact) mass is 347 g/mol. The van der Waals surface area contributed by atoms with Crippen molar-refractivity contribution in [3.05, 3.63) is 83.9 Å². The van der Waals surface area contributed by atoms with E-state index in [0.29, 0.717) is 5.02 Å². The number of benzene rings is 3. The molecule has 4 rings (SSSR count). The van der Waals surface area contributed by atoms with E-state index in [1.807, 2.05) is 78.5 Å². The van der Waals surface area contributed by atoms with E-state index in [2.05, 4.69) is 5.32 Å². The van der Waals surface area contributed by atoms with Crippen molar-refractivity contribution in [2.45, 2.75) is 0 Å². The van der Waals surface area contributed by atoms with Crippen molar-refractivity contribution in [3.63, 3.8) is 0 Å². The molecule has 0 spiro atoms. The third-order valence-corrected chi connectivity index (χ3v) is 4.52. The van der Waals surface area contributed by atoms with Gasteiger partial charge >= 0.3 is 0 Å². The molecule has 0 saturated carbocycles. The van der Waals surface area contributed by atoms with Gasteiger partial charge in [0.15, 0.2) is 0 Å². The highest BCUT2D eigenvalue weighted by molar-refractivity contribution is 6.31. The molecule has 0 aliphatic rings. The molecule has 0 aliphatic carbocycles. The van der Waals surface area contributed by atoms with Gasteiger partial charge in [-0.2, -0.15) is 0 Å². The lowest BCUT2D eigenvalue weighted by Gasteiger charge is -2.06. The number of rotatable bonds is 3. The van der Waals surface area contributed by atoms with Crippen LogP contribution in [0.4, 0.5) is 5.69 Å². The van der Waals surface area contributed by atoms with E-state index >= 15 is 0 Å². The predicted octanol–water partition coefficient (Wildman–Crippen LogP) is 5.18. The number of halogens is 1. The van der Waals surface area contributed by atoms with Gasteiger partial charge in [0.2, 0.25) is 5.91 Å². The first-order chi connectivity index (χ1) is 12.1. The van der Waals surface area contributed by atoms with Gasteiger partial charge in [0.1, 0.15) is 0 Å². The molecule has 3 aromatic carbocycles. The molecule has 0 unspecified atom stereocenters. The first-order valence-electron chi connectivity index (χ1n) is 7.99. The lowest BCUT2D eigenvalue weighted by atomic mass is 10.1. The van der Waals surface area contributed by atoms with E-state index in [1.54, 1.807) is 6.42 Å². The van der Waals surface area contributed by atoms with Gasteiger partial charge in [-0.25, -0.2) is 0 Å². The molecule has 0 fully saturated rings. The maximum atomic E-state index is 12.4. The Bertz CT molecular complexity index is 1100. The van der Waals surface area contributed by atoms with Gasteiger partial charge in [-0.1, -0.05) is 48.0 Å². The minimum absolute atomic E-state index is 0.155. The molecule has 1 heterocycles. The molecule has 0 atom stereocenters. The Balaban J connectivity index is 1.57. The van der Waals surface area contributed by atoms with E-state index in [4.69, 9.17) is 11.6 Å². The minimum atomic E-state index is -0.155. The molecule has 0 aliphatic heterocycles. The lowest BCUT2D eigenvalue weighted by molar-refractivity contribution is -0.112. The topological polar surface area (TPSA) is 34.0 Å². The van der Waals surface area contributed by atoms with Crippen molar-refractivity contribution in [2.24, 2.45) is 7.05 Å². The number of carbonyl (C=O) groups excluding carboxylic acids is 1. The van der Waals surface area contributed by atoms with Crippen LogP contribution in [0.25, 0.3) is 21.7 Å². The van der Waals surface area contributed by atoms with E-state index in [1.165, 1.54) is 0 Å². The van der Waals surface area contributed by atoms with Gasteiger partial charge < -0.3 is 9.88 Å². The third kappa shape index (κ3) is 3.11. The highest BCUT2D eigenvalue weighted by Crippen LogP contribution is 2.26.